The maximum absolute atomic E-state index is 8.09. The summed E-state index contributed by atoms with van der Waals surface area (Å²) in [6.07, 6.45) is 3.71. The molecule has 3 heteroatoms. The Hall–Kier alpha value is -3.39. The number of pyridine rings is 2. The number of rotatable bonds is 6. The molecule has 207 valence electrons. The molecule has 0 aliphatic heterocycles. The second-order valence-corrected chi connectivity index (χ2v) is 10.6. The molecule has 0 fully saturated rings. The molecule has 1 radical (unpaired) electrons. The van der Waals surface area contributed by atoms with Crippen molar-refractivity contribution in [3.63, 3.8) is 0 Å². The fraction of sp³-hybridized carbons (Fsp3) is 0.243. The SMILES string of the molecule is [2H]C(C)(C)c1c[c-]c(-c2ccc(C(C)(C)c3ccccc3)cn2)cc1.[2H]C(C)(C)c1ccnc(-c2[c-]cccc2)c1.[Ir]. The van der Waals surface area contributed by atoms with Crippen LogP contribution in [0.2, 0.25) is 0 Å². The van der Waals surface area contributed by atoms with E-state index in [2.05, 4.69) is 72.3 Å². The smallest absolute Gasteiger partial charge is 0.0346 e. The van der Waals surface area contributed by atoms with Gasteiger partial charge in [-0.25, -0.2) is 0 Å². The van der Waals surface area contributed by atoms with E-state index in [1.54, 1.807) is 6.20 Å². The van der Waals surface area contributed by atoms with Gasteiger partial charge in [0.15, 0.2) is 0 Å². The first-order chi connectivity index (χ1) is 19.4. The van der Waals surface area contributed by atoms with Crippen molar-refractivity contribution >= 4 is 0 Å². The summed E-state index contributed by atoms with van der Waals surface area (Å²) in [5, 5.41) is 0. The van der Waals surface area contributed by atoms with Gasteiger partial charge in [0.25, 0.3) is 0 Å². The Labute approximate surface area is 257 Å². The van der Waals surface area contributed by atoms with Crippen LogP contribution in [0.25, 0.3) is 22.5 Å². The topological polar surface area (TPSA) is 25.8 Å². The van der Waals surface area contributed by atoms with Crippen molar-refractivity contribution in [2.45, 2.75) is 58.7 Å². The van der Waals surface area contributed by atoms with Crippen molar-refractivity contribution in [3.8, 4) is 22.5 Å². The predicted octanol–water partition coefficient (Wildman–Crippen LogP) is 9.67. The Morgan fingerprint density at radius 3 is 1.95 bits per heavy atom. The molecule has 0 bridgehead atoms. The van der Waals surface area contributed by atoms with Crippen LogP contribution >= 0.6 is 0 Å². The van der Waals surface area contributed by atoms with E-state index in [9.17, 15) is 0 Å². The van der Waals surface area contributed by atoms with Crippen molar-refractivity contribution < 1.29 is 22.8 Å². The van der Waals surface area contributed by atoms with Gasteiger partial charge >= 0.3 is 0 Å². The van der Waals surface area contributed by atoms with E-state index >= 15 is 0 Å². The molecule has 0 spiro atoms. The average molecular weight is 705 g/mol. The first-order valence-electron chi connectivity index (χ1n) is 14.3. The fourth-order valence-corrected chi connectivity index (χ4v) is 4.28. The van der Waals surface area contributed by atoms with Gasteiger partial charge in [0.05, 0.1) is 0 Å². The average Bonchev–Trinajstić information content (AvgIpc) is 2.98. The number of benzene rings is 3. The van der Waals surface area contributed by atoms with Gasteiger partial charge < -0.3 is 9.97 Å². The summed E-state index contributed by atoms with van der Waals surface area (Å²) in [5.41, 5.74) is 8.00. The summed E-state index contributed by atoms with van der Waals surface area (Å²) in [4.78, 5) is 8.96. The van der Waals surface area contributed by atoms with Crippen molar-refractivity contribution in [2.24, 2.45) is 0 Å². The molecule has 2 aromatic heterocycles. The van der Waals surface area contributed by atoms with Gasteiger partial charge in [0, 0.05) is 40.7 Å². The zero-order valence-corrected chi connectivity index (χ0v) is 26.5. The third-order valence-electron chi connectivity index (χ3n) is 6.97. The molecule has 5 rings (SSSR count). The van der Waals surface area contributed by atoms with Gasteiger partial charge in [-0.05, 0) is 34.5 Å². The minimum absolute atomic E-state index is 0. The van der Waals surface area contributed by atoms with E-state index in [0.717, 1.165) is 33.6 Å². The van der Waals surface area contributed by atoms with Crippen LogP contribution in [-0.4, -0.2) is 9.97 Å². The maximum Gasteiger partial charge on any atom is 0.0346 e. The Morgan fingerprint density at radius 1 is 0.675 bits per heavy atom. The monoisotopic (exact) mass is 705 g/mol. The van der Waals surface area contributed by atoms with Crippen LogP contribution in [0.3, 0.4) is 0 Å². The molecule has 0 saturated carbocycles. The summed E-state index contributed by atoms with van der Waals surface area (Å²) in [5.74, 6) is -1.20. The van der Waals surface area contributed by atoms with Gasteiger partial charge in [-0.15, -0.1) is 71.3 Å². The number of nitrogens with zero attached hydrogens (tertiary/aromatic N) is 2. The molecule has 0 amide bonds. The normalized spacial score (nSPS) is 12.2. The van der Waals surface area contributed by atoms with Gasteiger partial charge in [-0.3, -0.25) is 0 Å². The standard InChI is InChI=1S/C23H24N.C14H14N.Ir/c1-17(2)18-10-12-19(13-11-18)22-15-14-21(16-24-22)23(3,4)20-8-6-5-7-9-20;1-11(2)13-8-9-15-14(10-13)12-6-4-3-5-7-12;/h5-12,14-17H,1-4H3;3-6,8-11H,1-2H3;/q2*-1;/i17D;11D;. The van der Waals surface area contributed by atoms with E-state index in [1.165, 1.54) is 11.1 Å². The molecule has 0 unspecified atom stereocenters. The molecule has 2 nitrogen and oxygen atoms in total. The minimum atomic E-state index is -0.605. The first kappa shape index (κ1) is 28.1. The maximum atomic E-state index is 8.09. The Balaban J connectivity index is 0.000000247. The quantitative estimate of drug-likeness (QED) is 0.165. The van der Waals surface area contributed by atoms with Crippen molar-refractivity contribution in [1.29, 1.82) is 0 Å². The number of hydrogen-bond acceptors (Lipinski definition) is 2. The van der Waals surface area contributed by atoms with Gasteiger partial charge in [0.1, 0.15) is 0 Å². The Morgan fingerprint density at radius 2 is 1.38 bits per heavy atom. The van der Waals surface area contributed by atoms with Crippen LogP contribution in [0.4, 0.5) is 0 Å². The molecule has 0 saturated heterocycles. The second-order valence-electron chi connectivity index (χ2n) is 10.6. The van der Waals surface area contributed by atoms with Crippen molar-refractivity contribution in [3.05, 3.63) is 144 Å². The van der Waals surface area contributed by atoms with Crippen molar-refractivity contribution in [1.82, 2.24) is 9.97 Å². The predicted molar refractivity (Wildman–Crippen MR) is 164 cm³/mol. The van der Waals surface area contributed by atoms with Gasteiger partial charge in [0.2, 0.25) is 0 Å². The number of aromatic nitrogens is 2. The van der Waals surface area contributed by atoms with Gasteiger partial charge in [-0.2, -0.15) is 0 Å². The molecule has 0 aliphatic carbocycles. The summed E-state index contributed by atoms with van der Waals surface area (Å²) in [7, 11) is 0. The molecular weight excluding hydrogens is 665 g/mol. The van der Waals surface area contributed by atoms with E-state index < -0.39 is 11.8 Å². The van der Waals surface area contributed by atoms with Crippen LogP contribution < -0.4 is 0 Å². The molecule has 5 aromatic rings. The third kappa shape index (κ3) is 7.84. The molecule has 0 atom stereocenters. The van der Waals surface area contributed by atoms with E-state index in [0.29, 0.717) is 0 Å². The molecule has 2 heterocycles. The fourth-order valence-electron chi connectivity index (χ4n) is 4.28. The van der Waals surface area contributed by atoms with Crippen molar-refractivity contribution in [2.75, 3.05) is 0 Å². The second kappa shape index (κ2) is 14.3. The summed E-state index contributed by atoms with van der Waals surface area (Å²) in [6.45, 7) is 12.0. The molecule has 3 aromatic carbocycles. The Kier molecular flexibility index (Phi) is 10.1. The van der Waals surface area contributed by atoms with Crippen LogP contribution in [0.15, 0.2) is 109 Å². The largest absolute Gasteiger partial charge is 0.305 e. The zero-order chi connectivity index (χ0) is 29.7. The third-order valence-corrected chi connectivity index (χ3v) is 6.97. The van der Waals surface area contributed by atoms with Crippen LogP contribution in [0.1, 0.15) is 78.3 Å². The molecule has 0 aliphatic rings. The molecule has 40 heavy (non-hydrogen) atoms. The van der Waals surface area contributed by atoms with Crippen LogP contribution in [0.5, 0.6) is 0 Å². The number of hydrogen-bond donors (Lipinski definition) is 0. The zero-order valence-electron chi connectivity index (χ0n) is 26.1. The molecule has 0 N–H and O–H groups in total. The van der Waals surface area contributed by atoms with Crippen LogP contribution in [-0.2, 0) is 25.5 Å². The first-order valence-corrected chi connectivity index (χ1v) is 13.3. The summed E-state index contributed by atoms with van der Waals surface area (Å²) >= 11 is 0. The summed E-state index contributed by atoms with van der Waals surface area (Å²) < 4.78 is 16.1. The van der Waals surface area contributed by atoms with E-state index in [1.807, 2.05) is 94.6 Å². The summed E-state index contributed by atoms with van der Waals surface area (Å²) in [6, 6.07) is 38.6. The van der Waals surface area contributed by atoms with E-state index in [-0.39, 0.29) is 25.5 Å². The van der Waals surface area contributed by atoms with Gasteiger partial charge in [-0.1, -0.05) is 102 Å². The minimum Gasteiger partial charge on any atom is -0.305 e. The Bertz CT molecular complexity index is 1540. The molecular formula is C37H38IrN2-2. The van der Waals surface area contributed by atoms with E-state index in [4.69, 9.17) is 2.74 Å². The van der Waals surface area contributed by atoms with Crippen LogP contribution in [0, 0.1) is 12.1 Å².